The Hall–Kier alpha value is -2.97. The fourth-order valence-electron chi connectivity index (χ4n) is 3.95. The summed E-state index contributed by atoms with van der Waals surface area (Å²) in [5.41, 5.74) is 3.18. The van der Waals surface area contributed by atoms with Gasteiger partial charge >= 0.3 is 11.9 Å². The van der Waals surface area contributed by atoms with E-state index >= 15 is 0 Å². The van der Waals surface area contributed by atoms with Gasteiger partial charge in [-0.15, -0.1) is 11.3 Å². The van der Waals surface area contributed by atoms with Crippen LogP contribution in [0.2, 0.25) is 0 Å². The number of benzene rings is 1. The van der Waals surface area contributed by atoms with Gasteiger partial charge in [-0.25, -0.2) is 14.6 Å². The molecule has 0 unspecified atom stereocenters. The van der Waals surface area contributed by atoms with Crippen molar-refractivity contribution < 1.29 is 19.1 Å². The normalized spacial score (nSPS) is 15.0. The van der Waals surface area contributed by atoms with Crippen LogP contribution in [0.15, 0.2) is 48.0 Å². The standard InChI is InChI=1S/C23H25N3O4S/c1-29-22(27)17-7-5-16(6-8-17)21-24-18(15-31-21)14-25-12-9-19(10-13-25)26-11-3-4-20(26)23(28)30-2/h3-8,11,15,19H,9-10,12-14H2,1-2H3. The maximum Gasteiger partial charge on any atom is 0.354 e. The lowest BCUT2D eigenvalue weighted by molar-refractivity contribution is 0.0578. The summed E-state index contributed by atoms with van der Waals surface area (Å²) in [6.07, 6.45) is 3.92. The Labute approximate surface area is 185 Å². The lowest BCUT2D eigenvalue weighted by atomic mass is 10.0. The zero-order valence-electron chi connectivity index (χ0n) is 17.6. The summed E-state index contributed by atoms with van der Waals surface area (Å²) >= 11 is 1.61. The SMILES string of the molecule is COC(=O)c1ccc(-c2nc(CN3CCC(n4cccc4C(=O)OC)CC3)cs2)cc1. The van der Waals surface area contributed by atoms with Crippen LogP contribution in [0.5, 0.6) is 0 Å². The number of piperidine rings is 1. The van der Waals surface area contributed by atoms with Gasteiger partial charge in [0.1, 0.15) is 10.7 Å². The van der Waals surface area contributed by atoms with Gasteiger partial charge in [0.2, 0.25) is 0 Å². The van der Waals surface area contributed by atoms with Crippen LogP contribution in [0.1, 0.15) is 45.4 Å². The molecule has 4 rings (SSSR count). The Morgan fingerprint density at radius 3 is 2.45 bits per heavy atom. The molecule has 162 valence electrons. The van der Waals surface area contributed by atoms with Crippen LogP contribution in [0.3, 0.4) is 0 Å². The molecule has 0 aliphatic carbocycles. The molecule has 0 spiro atoms. The van der Waals surface area contributed by atoms with Crippen molar-refractivity contribution in [1.29, 1.82) is 0 Å². The Kier molecular flexibility index (Phi) is 6.48. The maximum absolute atomic E-state index is 11.9. The molecule has 3 heterocycles. The minimum atomic E-state index is -0.339. The van der Waals surface area contributed by atoms with Crippen molar-refractivity contribution in [3.05, 3.63) is 64.9 Å². The number of rotatable bonds is 6. The molecular weight excluding hydrogens is 414 g/mol. The highest BCUT2D eigenvalue weighted by atomic mass is 32.1. The summed E-state index contributed by atoms with van der Waals surface area (Å²) in [5, 5.41) is 3.04. The molecule has 1 aromatic carbocycles. The number of nitrogens with zero attached hydrogens (tertiary/aromatic N) is 3. The van der Waals surface area contributed by atoms with Gasteiger partial charge in [-0.3, -0.25) is 4.90 Å². The summed E-state index contributed by atoms with van der Waals surface area (Å²) in [7, 11) is 2.79. The first kappa shape index (κ1) is 21.3. The third kappa shape index (κ3) is 4.70. The van der Waals surface area contributed by atoms with Gasteiger partial charge in [0.05, 0.1) is 25.5 Å². The molecule has 31 heavy (non-hydrogen) atoms. The Morgan fingerprint density at radius 1 is 1.06 bits per heavy atom. The molecule has 1 fully saturated rings. The van der Waals surface area contributed by atoms with Crippen molar-refractivity contribution >= 4 is 23.3 Å². The van der Waals surface area contributed by atoms with Gasteiger partial charge in [-0.1, -0.05) is 12.1 Å². The highest BCUT2D eigenvalue weighted by Crippen LogP contribution is 2.28. The van der Waals surface area contributed by atoms with Gasteiger partial charge in [-0.05, 0) is 37.1 Å². The maximum atomic E-state index is 11.9. The Morgan fingerprint density at radius 2 is 1.77 bits per heavy atom. The van der Waals surface area contributed by atoms with Crippen LogP contribution in [0.4, 0.5) is 0 Å². The minimum Gasteiger partial charge on any atom is -0.465 e. The first-order chi connectivity index (χ1) is 15.1. The number of methoxy groups -OCH3 is 2. The Bertz CT molecular complexity index is 1050. The summed E-state index contributed by atoms with van der Waals surface area (Å²) < 4.78 is 11.7. The number of aromatic nitrogens is 2. The van der Waals surface area contributed by atoms with E-state index in [1.54, 1.807) is 23.5 Å². The largest absolute Gasteiger partial charge is 0.465 e. The molecule has 7 nitrogen and oxygen atoms in total. The van der Waals surface area contributed by atoms with E-state index in [0.717, 1.165) is 48.7 Å². The van der Waals surface area contributed by atoms with Crippen LogP contribution in [0.25, 0.3) is 10.6 Å². The second kappa shape index (κ2) is 9.45. The number of thiazole rings is 1. The zero-order valence-corrected chi connectivity index (χ0v) is 18.4. The van der Waals surface area contributed by atoms with Crippen LogP contribution in [-0.2, 0) is 16.0 Å². The van der Waals surface area contributed by atoms with Gasteiger partial charge in [0.25, 0.3) is 0 Å². The molecule has 0 bridgehead atoms. The second-order valence-corrected chi connectivity index (χ2v) is 8.37. The van der Waals surface area contributed by atoms with E-state index in [1.165, 1.54) is 14.2 Å². The first-order valence-electron chi connectivity index (χ1n) is 10.2. The van der Waals surface area contributed by atoms with E-state index in [4.69, 9.17) is 14.5 Å². The first-order valence-corrected chi connectivity index (χ1v) is 11.1. The average Bonchev–Trinajstić information content (AvgIpc) is 3.49. The van der Waals surface area contributed by atoms with E-state index < -0.39 is 0 Å². The molecule has 2 aromatic heterocycles. The van der Waals surface area contributed by atoms with Gasteiger partial charge in [-0.2, -0.15) is 0 Å². The summed E-state index contributed by atoms with van der Waals surface area (Å²) in [5.74, 6) is -0.629. The lowest BCUT2D eigenvalue weighted by Gasteiger charge is -2.32. The number of ether oxygens (including phenoxy) is 2. The van der Waals surface area contributed by atoms with E-state index in [9.17, 15) is 9.59 Å². The zero-order chi connectivity index (χ0) is 21.8. The molecule has 0 saturated carbocycles. The summed E-state index contributed by atoms with van der Waals surface area (Å²) in [4.78, 5) is 30.7. The number of hydrogen-bond acceptors (Lipinski definition) is 7. The number of carbonyl (C=O) groups excluding carboxylic acids is 2. The van der Waals surface area contributed by atoms with Crippen molar-refractivity contribution in [3.63, 3.8) is 0 Å². The number of likely N-dealkylation sites (tertiary alicyclic amines) is 1. The molecule has 8 heteroatoms. The molecule has 1 aliphatic heterocycles. The van der Waals surface area contributed by atoms with Gasteiger partial charge in [0, 0.05) is 42.8 Å². The molecule has 0 radical (unpaired) electrons. The summed E-state index contributed by atoms with van der Waals surface area (Å²) in [6, 6.07) is 11.3. The highest BCUT2D eigenvalue weighted by molar-refractivity contribution is 7.13. The van der Waals surface area contributed by atoms with E-state index in [1.807, 2.05) is 35.0 Å². The van der Waals surface area contributed by atoms with Gasteiger partial charge < -0.3 is 14.0 Å². The third-order valence-corrected chi connectivity index (χ3v) is 6.55. The second-order valence-electron chi connectivity index (χ2n) is 7.51. The average molecular weight is 440 g/mol. The van der Waals surface area contributed by atoms with Crippen molar-refractivity contribution in [2.45, 2.75) is 25.4 Å². The predicted molar refractivity (Wildman–Crippen MR) is 118 cm³/mol. The van der Waals surface area contributed by atoms with E-state index in [-0.39, 0.29) is 11.9 Å². The van der Waals surface area contributed by atoms with Crippen molar-refractivity contribution in [2.75, 3.05) is 27.3 Å². The minimum absolute atomic E-state index is 0.290. The number of esters is 2. The number of hydrogen-bond donors (Lipinski definition) is 0. The van der Waals surface area contributed by atoms with E-state index in [2.05, 4.69) is 10.3 Å². The van der Waals surface area contributed by atoms with Crippen LogP contribution >= 0.6 is 11.3 Å². The molecule has 1 saturated heterocycles. The topological polar surface area (TPSA) is 73.7 Å². The molecule has 3 aromatic rings. The number of carbonyl (C=O) groups is 2. The van der Waals surface area contributed by atoms with Crippen molar-refractivity contribution in [1.82, 2.24) is 14.5 Å². The summed E-state index contributed by atoms with van der Waals surface area (Å²) in [6.45, 7) is 2.70. The molecule has 0 atom stereocenters. The fraction of sp³-hybridized carbons (Fsp3) is 0.348. The predicted octanol–water partition coefficient (Wildman–Crippen LogP) is 4.02. The van der Waals surface area contributed by atoms with Crippen molar-refractivity contribution in [2.24, 2.45) is 0 Å². The van der Waals surface area contributed by atoms with Crippen LogP contribution in [-0.4, -0.2) is 53.7 Å². The fourth-order valence-corrected chi connectivity index (χ4v) is 4.77. The molecule has 0 amide bonds. The van der Waals surface area contributed by atoms with Crippen LogP contribution in [0, 0.1) is 0 Å². The lowest BCUT2D eigenvalue weighted by Crippen LogP contribution is -2.34. The van der Waals surface area contributed by atoms with E-state index in [0.29, 0.717) is 17.3 Å². The van der Waals surface area contributed by atoms with Crippen LogP contribution < -0.4 is 0 Å². The highest BCUT2D eigenvalue weighted by Gasteiger charge is 2.24. The smallest absolute Gasteiger partial charge is 0.354 e. The molecule has 0 N–H and O–H groups in total. The molecular formula is C23H25N3O4S. The quantitative estimate of drug-likeness (QED) is 0.540. The van der Waals surface area contributed by atoms with Crippen molar-refractivity contribution in [3.8, 4) is 10.6 Å². The third-order valence-electron chi connectivity index (χ3n) is 5.61. The Balaban J connectivity index is 1.35. The monoisotopic (exact) mass is 439 g/mol. The molecule has 1 aliphatic rings. The van der Waals surface area contributed by atoms with Gasteiger partial charge in [0.15, 0.2) is 0 Å².